The van der Waals surface area contributed by atoms with Gasteiger partial charge >= 0.3 is 5.97 Å². The third-order valence-corrected chi connectivity index (χ3v) is 3.15. The van der Waals surface area contributed by atoms with Crippen molar-refractivity contribution in [2.75, 3.05) is 32.8 Å². The number of halogens is 1. The van der Waals surface area contributed by atoms with Gasteiger partial charge in [0.05, 0.1) is 13.2 Å². The second-order valence-electron chi connectivity index (χ2n) is 4.90. The second-order valence-corrected chi connectivity index (χ2v) is 4.90. The predicted octanol–water partition coefficient (Wildman–Crippen LogP) is -1.03. The van der Waals surface area contributed by atoms with Crippen LogP contribution in [-0.2, 0) is 14.3 Å². The monoisotopic (exact) mass is 310 g/mol. The van der Waals surface area contributed by atoms with Crippen molar-refractivity contribution in [1.82, 2.24) is 4.90 Å². The summed E-state index contributed by atoms with van der Waals surface area (Å²) in [6.07, 6.45) is 3.13. The van der Waals surface area contributed by atoms with E-state index in [1.165, 1.54) is 6.08 Å². The summed E-state index contributed by atoms with van der Waals surface area (Å²) in [5, 5.41) is 0. The fourth-order valence-corrected chi connectivity index (χ4v) is 2.15. The second kappa shape index (κ2) is 9.55. The third kappa shape index (κ3) is 6.76. The molecule has 1 atom stereocenters. The number of benzene rings is 1. The van der Waals surface area contributed by atoms with Crippen LogP contribution in [0.1, 0.15) is 12.5 Å². The molecule has 1 saturated heterocycles. The largest absolute Gasteiger partial charge is 1.00 e. The molecule has 1 aliphatic rings. The molecule has 0 bridgehead atoms. The molecule has 1 aromatic rings. The predicted molar refractivity (Wildman–Crippen MR) is 78.3 cm³/mol. The Labute approximate surface area is 132 Å². The number of hydrogen-bond acceptors (Lipinski definition) is 4. The van der Waals surface area contributed by atoms with Gasteiger partial charge in [-0.3, -0.25) is 4.90 Å². The zero-order valence-corrected chi connectivity index (χ0v) is 13.0. The lowest BCUT2D eigenvalue weighted by Gasteiger charge is -2.28. The molecule has 0 aromatic heterocycles. The number of ether oxygens (including phenoxy) is 2. The third-order valence-electron chi connectivity index (χ3n) is 3.15. The van der Waals surface area contributed by atoms with Gasteiger partial charge in [-0.05, 0) is 18.6 Å². The first kappa shape index (κ1) is 17.7. The molecule has 4 nitrogen and oxygen atoms in total. The molecule has 0 spiro atoms. The molecular formula is C16H21ClNO3-. The van der Waals surface area contributed by atoms with Crippen LogP contribution < -0.4 is 12.4 Å². The Morgan fingerprint density at radius 1 is 1.33 bits per heavy atom. The molecule has 1 heterocycles. The summed E-state index contributed by atoms with van der Waals surface area (Å²) in [4.78, 5) is 14.0. The smallest absolute Gasteiger partial charge is 0.331 e. The fourth-order valence-electron chi connectivity index (χ4n) is 2.15. The van der Waals surface area contributed by atoms with E-state index in [0.29, 0.717) is 0 Å². The van der Waals surface area contributed by atoms with Gasteiger partial charge in [0.1, 0.15) is 6.10 Å². The Hall–Kier alpha value is -1.36. The van der Waals surface area contributed by atoms with Crippen molar-refractivity contribution in [2.24, 2.45) is 0 Å². The minimum Gasteiger partial charge on any atom is -1.00 e. The molecule has 0 N–H and O–H groups in total. The van der Waals surface area contributed by atoms with E-state index in [2.05, 4.69) is 4.90 Å². The van der Waals surface area contributed by atoms with Crippen molar-refractivity contribution in [3.8, 4) is 0 Å². The molecule has 116 valence electrons. The quantitative estimate of drug-likeness (QED) is 0.515. The van der Waals surface area contributed by atoms with Crippen LogP contribution in [-0.4, -0.2) is 49.8 Å². The van der Waals surface area contributed by atoms with Gasteiger partial charge in [0.15, 0.2) is 0 Å². The average Bonchev–Trinajstić information content (AvgIpc) is 2.47. The Kier molecular flexibility index (Phi) is 8.05. The zero-order chi connectivity index (χ0) is 14.2. The Balaban J connectivity index is 0.00000220. The summed E-state index contributed by atoms with van der Waals surface area (Å²) < 4.78 is 10.7. The van der Waals surface area contributed by atoms with Gasteiger partial charge in [-0.1, -0.05) is 30.3 Å². The number of morpholine rings is 1. The van der Waals surface area contributed by atoms with E-state index in [9.17, 15) is 4.79 Å². The van der Waals surface area contributed by atoms with Crippen LogP contribution in [0, 0.1) is 0 Å². The summed E-state index contributed by atoms with van der Waals surface area (Å²) in [5.74, 6) is -0.297. The molecule has 0 saturated carbocycles. The van der Waals surface area contributed by atoms with Gasteiger partial charge in [-0.2, -0.15) is 0 Å². The van der Waals surface area contributed by atoms with Gasteiger partial charge in [0.2, 0.25) is 0 Å². The summed E-state index contributed by atoms with van der Waals surface area (Å²) >= 11 is 0. The molecule has 1 aliphatic heterocycles. The van der Waals surface area contributed by atoms with E-state index in [1.807, 2.05) is 37.3 Å². The molecular weight excluding hydrogens is 290 g/mol. The molecule has 0 aliphatic carbocycles. The lowest BCUT2D eigenvalue weighted by molar-refractivity contribution is -0.143. The van der Waals surface area contributed by atoms with Gasteiger partial charge < -0.3 is 21.9 Å². The molecule has 1 unspecified atom stereocenters. The van der Waals surface area contributed by atoms with E-state index < -0.39 is 0 Å². The van der Waals surface area contributed by atoms with Gasteiger partial charge in [-0.25, -0.2) is 4.79 Å². The number of nitrogens with zero attached hydrogens (tertiary/aromatic N) is 1. The SMILES string of the molecule is CC(CN1CCOCC1)OC(=O)/C=C/c1ccccc1.[Cl-]. The van der Waals surface area contributed by atoms with Gasteiger partial charge in [-0.15, -0.1) is 0 Å². The zero-order valence-electron chi connectivity index (χ0n) is 12.2. The van der Waals surface area contributed by atoms with Crippen molar-refractivity contribution in [2.45, 2.75) is 13.0 Å². The van der Waals surface area contributed by atoms with Crippen LogP contribution in [0.4, 0.5) is 0 Å². The lowest BCUT2D eigenvalue weighted by atomic mass is 10.2. The highest BCUT2D eigenvalue weighted by atomic mass is 35.5. The van der Waals surface area contributed by atoms with E-state index >= 15 is 0 Å². The number of rotatable bonds is 5. The molecule has 2 rings (SSSR count). The van der Waals surface area contributed by atoms with Crippen molar-refractivity contribution in [3.05, 3.63) is 42.0 Å². The number of esters is 1. The van der Waals surface area contributed by atoms with Crippen molar-refractivity contribution < 1.29 is 26.7 Å². The Morgan fingerprint density at radius 2 is 2.00 bits per heavy atom. The highest BCUT2D eigenvalue weighted by Gasteiger charge is 2.15. The molecule has 5 heteroatoms. The first-order valence-electron chi connectivity index (χ1n) is 6.98. The Morgan fingerprint density at radius 3 is 2.67 bits per heavy atom. The maximum Gasteiger partial charge on any atom is 0.331 e. The first-order chi connectivity index (χ1) is 9.74. The molecule has 1 aromatic carbocycles. The minimum atomic E-state index is -0.297. The summed E-state index contributed by atoms with van der Waals surface area (Å²) in [6.45, 7) is 6.00. The maximum absolute atomic E-state index is 11.7. The molecule has 0 radical (unpaired) electrons. The standard InChI is InChI=1S/C16H21NO3.ClH/c1-14(13-17-9-11-19-12-10-17)20-16(18)8-7-15-5-3-2-4-6-15;/h2-8,14H,9-13H2,1H3;1H/p-1/b8-7+;. The van der Waals surface area contributed by atoms with Crippen LogP contribution in [0.25, 0.3) is 6.08 Å². The van der Waals surface area contributed by atoms with Crippen molar-refractivity contribution >= 4 is 12.0 Å². The Bertz CT molecular complexity index is 444. The summed E-state index contributed by atoms with van der Waals surface area (Å²) in [5.41, 5.74) is 0.991. The topological polar surface area (TPSA) is 38.8 Å². The van der Waals surface area contributed by atoms with E-state index in [4.69, 9.17) is 9.47 Å². The van der Waals surface area contributed by atoms with Crippen LogP contribution in [0.5, 0.6) is 0 Å². The van der Waals surface area contributed by atoms with E-state index in [1.54, 1.807) is 6.08 Å². The fraction of sp³-hybridized carbons (Fsp3) is 0.438. The highest BCUT2D eigenvalue weighted by Crippen LogP contribution is 2.04. The summed E-state index contributed by atoms with van der Waals surface area (Å²) in [6, 6.07) is 9.71. The van der Waals surface area contributed by atoms with Crippen LogP contribution >= 0.6 is 0 Å². The lowest BCUT2D eigenvalue weighted by Crippen LogP contribution is -3.00. The molecule has 1 fully saturated rings. The minimum absolute atomic E-state index is 0. The van der Waals surface area contributed by atoms with Crippen LogP contribution in [0.2, 0.25) is 0 Å². The maximum atomic E-state index is 11.7. The highest BCUT2D eigenvalue weighted by molar-refractivity contribution is 5.87. The summed E-state index contributed by atoms with van der Waals surface area (Å²) in [7, 11) is 0. The van der Waals surface area contributed by atoms with Crippen LogP contribution in [0.15, 0.2) is 36.4 Å². The molecule has 21 heavy (non-hydrogen) atoms. The first-order valence-corrected chi connectivity index (χ1v) is 6.98. The van der Waals surface area contributed by atoms with Gasteiger partial charge in [0.25, 0.3) is 0 Å². The van der Waals surface area contributed by atoms with Crippen LogP contribution in [0.3, 0.4) is 0 Å². The van der Waals surface area contributed by atoms with E-state index in [0.717, 1.165) is 38.4 Å². The van der Waals surface area contributed by atoms with E-state index in [-0.39, 0.29) is 24.5 Å². The number of carbonyl (C=O) groups is 1. The average molecular weight is 311 g/mol. The van der Waals surface area contributed by atoms with Crippen molar-refractivity contribution in [3.63, 3.8) is 0 Å². The molecule has 0 amide bonds. The number of hydrogen-bond donors (Lipinski definition) is 0. The van der Waals surface area contributed by atoms with Crippen molar-refractivity contribution in [1.29, 1.82) is 0 Å². The number of carbonyl (C=O) groups excluding carboxylic acids is 1. The van der Waals surface area contributed by atoms with Gasteiger partial charge in [0, 0.05) is 25.7 Å². The normalized spacial score (nSPS) is 17.2.